The Morgan fingerprint density at radius 3 is 2.38 bits per heavy atom. The molecule has 2 nitrogen and oxygen atoms in total. The molecule has 0 spiro atoms. The highest BCUT2D eigenvalue weighted by molar-refractivity contribution is 5.54. The number of ether oxygens (including phenoxy) is 1. The summed E-state index contributed by atoms with van der Waals surface area (Å²) in [7, 11) is 0. The van der Waals surface area contributed by atoms with Crippen molar-refractivity contribution in [2.75, 3.05) is 5.73 Å². The van der Waals surface area contributed by atoms with Crippen LogP contribution < -0.4 is 10.5 Å². The lowest BCUT2D eigenvalue weighted by Gasteiger charge is -2.13. The van der Waals surface area contributed by atoms with Gasteiger partial charge in [-0.05, 0) is 48.4 Å². The molecule has 0 unspecified atom stereocenters. The van der Waals surface area contributed by atoms with Gasteiger partial charge in [-0.15, -0.1) is 0 Å². The molecular weight excluding hydrogens is 286 g/mol. The van der Waals surface area contributed by atoms with Gasteiger partial charge in [0, 0.05) is 0 Å². The minimum Gasteiger partial charge on any atom is -0.487 e. The van der Waals surface area contributed by atoms with Crippen molar-refractivity contribution in [3.63, 3.8) is 0 Å². The van der Waals surface area contributed by atoms with Crippen LogP contribution in [0.15, 0.2) is 36.4 Å². The zero-order chi connectivity index (χ0) is 15.6. The molecule has 0 aliphatic rings. The van der Waals surface area contributed by atoms with Crippen molar-refractivity contribution in [2.24, 2.45) is 0 Å². The monoisotopic (exact) mass is 299 g/mol. The van der Waals surface area contributed by atoms with Crippen molar-refractivity contribution < 1.29 is 22.3 Å². The maximum atomic E-state index is 13.0. The van der Waals surface area contributed by atoms with Crippen molar-refractivity contribution in [2.45, 2.75) is 19.7 Å². The molecular formula is C15H13F4NO. The van der Waals surface area contributed by atoms with E-state index in [9.17, 15) is 17.6 Å². The van der Waals surface area contributed by atoms with Crippen LogP contribution in [-0.4, -0.2) is 0 Å². The predicted molar refractivity (Wildman–Crippen MR) is 71.3 cm³/mol. The average molecular weight is 299 g/mol. The van der Waals surface area contributed by atoms with Crippen LogP contribution in [0.3, 0.4) is 0 Å². The van der Waals surface area contributed by atoms with Gasteiger partial charge in [0.2, 0.25) is 0 Å². The second-order valence-corrected chi connectivity index (χ2v) is 4.61. The molecule has 0 aromatic heterocycles. The number of rotatable bonds is 3. The normalized spacial score (nSPS) is 11.5. The number of alkyl halides is 3. The Labute approximate surface area is 119 Å². The van der Waals surface area contributed by atoms with Gasteiger partial charge in [0.15, 0.2) is 0 Å². The van der Waals surface area contributed by atoms with Crippen molar-refractivity contribution in [1.29, 1.82) is 0 Å². The first kappa shape index (κ1) is 15.2. The summed E-state index contributed by atoms with van der Waals surface area (Å²) >= 11 is 0. The van der Waals surface area contributed by atoms with E-state index in [4.69, 9.17) is 10.5 Å². The van der Waals surface area contributed by atoms with E-state index in [1.54, 1.807) is 13.0 Å². The fourth-order valence-corrected chi connectivity index (χ4v) is 1.83. The van der Waals surface area contributed by atoms with Crippen LogP contribution in [0.5, 0.6) is 5.75 Å². The second-order valence-electron chi connectivity index (χ2n) is 4.61. The van der Waals surface area contributed by atoms with Gasteiger partial charge in [-0.25, -0.2) is 4.39 Å². The Morgan fingerprint density at radius 1 is 1.10 bits per heavy atom. The van der Waals surface area contributed by atoms with Crippen molar-refractivity contribution >= 4 is 5.69 Å². The van der Waals surface area contributed by atoms with Crippen LogP contribution in [0.25, 0.3) is 0 Å². The van der Waals surface area contributed by atoms with Gasteiger partial charge in [-0.2, -0.15) is 13.2 Å². The number of anilines is 1. The Balaban J connectivity index is 2.13. The highest BCUT2D eigenvalue weighted by atomic mass is 19.4. The highest BCUT2D eigenvalue weighted by Gasteiger charge is 2.30. The van der Waals surface area contributed by atoms with Crippen LogP contribution in [-0.2, 0) is 12.8 Å². The number of nitrogen functional groups attached to an aromatic ring is 1. The SMILES string of the molecule is Cc1cc(F)ccc1COc1ccc(C(F)(F)F)cc1N. The third-order valence-corrected chi connectivity index (χ3v) is 3.02. The van der Waals surface area contributed by atoms with Gasteiger partial charge in [0.1, 0.15) is 18.2 Å². The van der Waals surface area contributed by atoms with Gasteiger partial charge in [0.05, 0.1) is 11.3 Å². The molecule has 21 heavy (non-hydrogen) atoms. The van der Waals surface area contributed by atoms with Crippen LogP contribution in [0, 0.1) is 12.7 Å². The molecule has 112 valence electrons. The smallest absolute Gasteiger partial charge is 0.416 e. The molecule has 0 bridgehead atoms. The van der Waals surface area contributed by atoms with Crippen molar-refractivity contribution in [3.8, 4) is 5.75 Å². The van der Waals surface area contributed by atoms with Gasteiger partial charge in [-0.3, -0.25) is 0 Å². The molecule has 0 aliphatic carbocycles. The molecule has 6 heteroatoms. The molecule has 0 radical (unpaired) electrons. The highest BCUT2D eigenvalue weighted by Crippen LogP contribution is 2.33. The first-order valence-corrected chi connectivity index (χ1v) is 6.12. The Hall–Kier alpha value is -2.24. The number of nitrogens with two attached hydrogens (primary N) is 1. The van der Waals surface area contributed by atoms with E-state index in [-0.39, 0.29) is 23.9 Å². The summed E-state index contributed by atoms with van der Waals surface area (Å²) in [5, 5.41) is 0. The molecule has 0 heterocycles. The zero-order valence-corrected chi connectivity index (χ0v) is 11.2. The molecule has 0 saturated heterocycles. The lowest BCUT2D eigenvalue weighted by Crippen LogP contribution is -2.07. The summed E-state index contributed by atoms with van der Waals surface area (Å²) in [5.41, 5.74) is 6.07. The van der Waals surface area contributed by atoms with Crippen LogP contribution in [0.4, 0.5) is 23.2 Å². The van der Waals surface area contributed by atoms with Gasteiger partial charge in [0.25, 0.3) is 0 Å². The molecule has 0 aliphatic heterocycles. The standard InChI is InChI=1S/C15H13F4NO/c1-9-6-12(16)4-2-10(9)8-21-14-5-3-11(7-13(14)20)15(17,18)19/h2-7H,8,20H2,1H3. The number of benzene rings is 2. The van der Waals surface area contributed by atoms with E-state index < -0.39 is 11.7 Å². The fourth-order valence-electron chi connectivity index (χ4n) is 1.83. The van der Waals surface area contributed by atoms with E-state index in [0.29, 0.717) is 5.56 Å². The van der Waals surface area contributed by atoms with E-state index in [0.717, 1.165) is 17.7 Å². The second kappa shape index (κ2) is 5.63. The maximum Gasteiger partial charge on any atom is 0.416 e. The minimum atomic E-state index is -4.44. The number of halogens is 4. The van der Waals surface area contributed by atoms with Gasteiger partial charge in [-0.1, -0.05) is 6.07 Å². The number of hydrogen-bond acceptors (Lipinski definition) is 2. The van der Waals surface area contributed by atoms with E-state index in [1.807, 2.05) is 0 Å². The molecule has 2 N–H and O–H groups in total. The quantitative estimate of drug-likeness (QED) is 0.677. The first-order valence-electron chi connectivity index (χ1n) is 6.12. The molecule has 0 saturated carbocycles. The summed E-state index contributed by atoms with van der Waals surface area (Å²) in [6.45, 7) is 1.82. The molecule has 2 aromatic carbocycles. The molecule has 0 atom stereocenters. The summed E-state index contributed by atoms with van der Waals surface area (Å²) in [6, 6.07) is 7.12. The van der Waals surface area contributed by atoms with Crippen molar-refractivity contribution in [3.05, 3.63) is 58.9 Å². The topological polar surface area (TPSA) is 35.2 Å². The zero-order valence-electron chi connectivity index (χ0n) is 11.2. The molecule has 0 amide bonds. The summed E-state index contributed by atoms with van der Waals surface area (Å²) in [6.07, 6.45) is -4.44. The average Bonchev–Trinajstić information content (AvgIpc) is 2.38. The molecule has 2 rings (SSSR count). The van der Waals surface area contributed by atoms with E-state index >= 15 is 0 Å². The van der Waals surface area contributed by atoms with E-state index in [1.165, 1.54) is 18.2 Å². The Kier molecular flexibility index (Phi) is 4.06. The lowest BCUT2D eigenvalue weighted by atomic mass is 10.1. The first-order chi connectivity index (χ1) is 9.77. The van der Waals surface area contributed by atoms with Crippen LogP contribution in [0.1, 0.15) is 16.7 Å². The van der Waals surface area contributed by atoms with Gasteiger partial charge >= 0.3 is 6.18 Å². The maximum absolute atomic E-state index is 13.0. The van der Waals surface area contributed by atoms with Crippen molar-refractivity contribution in [1.82, 2.24) is 0 Å². The van der Waals surface area contributed by atoms with Gasteiger partial charge < -0.3 is 10.5 Å². The fraction of sp³-hybridized carbons (Fsp3) is 0.200. The third-order valence-electron chi connectivity index (χ3n) is 3.02. The number of hydrogen-bond donors (Lipinski definition) is 1. The lowest BCUT2D eigenvalue weighted by molar-refractivity contribution is -0.137. The van der Waals surface area contributed by atoms with Crippen LogP contribution in [0.2, 0.25) is 0 Å². The summed E-state index contributed by atoms with van der Waals surface area (Å²) in [5.74, 6) is -0.197. The molecule has 2 aromatic rings. The Morgan fingerprint density at radius 2 is 1.81 bits per heavy atom. The van der Waals surface area contributed by atoms with Crippen LogP contribution >= 0.6 is 0 Å². The molecule has 0 fully saturated rings. The summed E-state index contributed by atoms with van der Waals surface area (Å²) < 4.78 is 55.9. The largest absolute Gasteiger partial charge is 0.487 e. The third kappa shape index (κ3) is 3.65. The van der Waals surface area contributed by atoms with E-state index in [2.05, 4.69) is 0 Å². The minimum absolute atomic E-state index is 0.0930. The Bertz CT molecular complexity index is 653. The predicted octanol–water partition coefficient (Wildman–Crippen LogP) is 4.31. The number of aryl methyl sites for hydroxylation is 1. The summed E-state index contributed by atoms with van der Waals surface area (Å²) in [4.78, 5) is 0.